The summed E-state index contributed by atoms with van der Waals surface area (Å²) in [6.45, 7) is 6.81. The standard InChI is InChI=1S/C13H17BrOSi/c1-16(2,3)10-4-5-13(15)11-6-8-12(14)9-7-11/h6-9,13,15H,10H2,1-3H3. The number of hydrogen-bond acceptors (Lipinski definition) is 1. The number of rotatable bonds is 2. The van der Waals surface area contributed by atoms with Crippen molar-refractivity contribution in [1.29, 1.82) is 0 Å². The molecule has 0 heterocycles. The van der Waals surface area contributed by atoms with Gasteiger partial charge in [0.15, 0.2) is 0 Å². The highest BCUT2D eigenvalue weighted by atomic mass is 79.9. The second-order valence-electron chi connectivity index (χ2n) is 5.01. The van der Waals surface area contributed by atoms with E-state index in [4.69, 9.17) is 0 Å². The van der Waals surface area contributed by atoms with Gasteiger partial charge in [0.25, 0.3) is 0 Å². The smallest absolute Gasteiger partial charge is 0.140 e. The summed E-state index contributed by atoms with van der Waals surface area (Å²) in [4.78, 5) is 0. The molecule has 1 N–H and O–H groups in total. The van der Waals surface area contributed by atoms with Crippen LogP contribution in [0.2, 0.25) is 25.7 Å². The Kier molecular flexibility index (Phi) is 4.79. The summed E-state index contributed by atoms with van der Waals surface area (Å²) in [6.07, 6.45) is -0.663. The van der Waals surface area contributed by atoms with E-state index in [1.165, 1.54) is 0 Å². The van der Waals surface area contributed by atoms with Crippen molar-refractivity contribution in [3.63, 3.8) is 0 Å². The molecule has 1 unspecified atom stereocenters. The molecular formula is C13H17BrOSi. The second-order valence-corrected chi connectivity index (χ2v) is 11.4. The lowest BCUT2D eigenvalue weighted by molar-refractivity contribution is 0.238. The van der Waals surface area contributed by atoms with Crippen LogP contribution in [0.3, 0.4) is 0 Å². The van der Waals surface area contributed by atoms with Crippen molar-refractivity contribution in [2.75, 3.05) is 0 Å². The summed E-state index contributed by atoms with van der Waals surface area (Å²) in [5.74, 6) is 5.99. The van der Waals surface area contributed by atoms with Gasteiger partial charge in [0.1, 0.15) is 6.10 Å². The number of aliphatic hydroxyl groups excluding tert-OH is 1. The first-order valence-corrected chi connectivity index (χ1v) is 9.80. The Bertz CT molecular complexity index is 395. The monoisotopic (exact) mass is 296 g/mol. The zero-order valence-electron chi connectivity index (χ0n) is 9.92. The first-order chi connectivity index (χ1) is 7.38. The van der Waals surface area contributed by atoms with Crippen LogP contribution in [-0.2, 0) is 0 Å². The van der Waals surface area contributed by atoms with Crippen LogP contribution in [0.15, 0.2) is 28.7 Å². The normalized spacial score (nSPS) is 12.8. The molecule has 1 nitrogen and oxygen atoms in total. The maximum atomic E-state index is 9.83. The molecule has 0 aliphatic rings. The van der Waals surface area contributed by atoms with Crippen LogP contribution in [0.5, 0.6) is 0 Å². The first-order valence-electron chi connectivity index (χ1n) is 5.30. The van der Waals surface area contributed by atoms with Gasteiger partial charge in [0, 0.05) is 10.5 Å². The van der Waals surface area contributed by atoms with Crippen LogP contribution in [-0.4, -0.2) is 13.2 Å². The van der Waals surface area contributed by atoms with Gasteiger partial charge in [-0.25, -0.2) is 0 Å². The van der Waals surface area contributed by atoms with Gasteiger partial charge in [-0.15, -0.1) is 5.92 Å². The van der Waals surface area contributed by atoms with Crippen molar-refractivity contribution in [2.24, 2.45) is 0 Å². The van der Waals surface area contributed by atoms with E-state index in [9.17, 15) is 5.11 Å². The zero-order valence-corrected chi connectivity index (χ0v) is 12.5. The molecule has 86 valence electrons. The van der Waals surface area contributed by atoms with Crippen LogP contribution in [0.1, 0.15) is 11.7 Å². The van der Waals surface area contributed by atoms with Crippen LogP contribution in [0.4, 0.5) is 0 Å². The summed E-state index contributed by atoms with van der Waals surface area (Å²) in [6, 6.07) is 8.54. The van der Waals surface area contributed by atoms with Crippen LogP contribution in [0.25, 0.3) is 0 Å². The maximum Gasteiger partial charge on any atom is 0.140 e. The number of halogens is 1. The van der Waals surface area contributed by atoms with Gasteiger partial charge in [-0.2, -0.15) is 0 Å². The third-order valence-corrected chi connectivity index (χ3v) is 3.81. The van der Waals surface area contributed by atoms with Crippen molar-refractivity contribution in [3.05, 3.63) is 34.3 Å². The highest BCUT2D eigenvalue weighted by molar-refractivity contribution is 9.10. The summed E-state index contributed by atoms with van der Waals surface area (Å²) in [5.41, 5.74) is 0.853. The van der Waals surface area contributed by atoms with Gasteiger partial charge < -0.3 is 5.11 Å². The number of benzene rings is 1. The molecule has 0 fully saturated rings. The van der Waals surface area contributed by atoms with Gasteiger partial charge in [-0.1, -0.05) is 53.6 Å². The van der Waals surface area contributed by atoms with E-state index < -0.39 is 14.2 Å². The Morgan fingerprint density at radius 3 is 2.31 bits per heavy atom. The van der Waals surface area contributed by atoms with Crippen LogP contribution >= 0.6 is 15.9 Å². The molecule has 1 aromatic rings. The fraction of sp³-hybridized carbons (Fsp3) is 0.385. The molecule has 0 saturated carbocycles. The molecular weight excluding hydrogens is 280 g/mol. The maximum absolute atomic E-state index is 9.83. The third kappa shape index (κ3) is 4.98. The quantitative estimate of drug-likeness (QED) is 0.650. The minimum Gasteiger partial charge on any atom is -0.376 e. The van der Waals surface area contributed by atoms with E-state index in [2.05, 4.69) is 47.4 Å². The molecule has 0 aliphatic carbocycles. The van der Waals surface area contributed by atoms with Crippen molar-refractivity contribution in [2.45, 2.75) is 31.8 Å². The van der Waals surface area contributed by atoms with Crippen LogP contribution < -0.4 is 0 Å². The molecule has 16 heavy (non-hydrogen) atoms. The van der Waals surface area contributed by atoms with Crippen molar-refractivity contribution in [3.8, 4) is 11.8 Å². The van der Waals surface area contributed by atoms with Crippen LogP contribution in [0, 0.1) is 11.8 Å². The van der Waals surface area contributed by atoms with E-state index in [1.54, 1.807) is 0 Å². The molecule has 3 heteroatoms. The third-order valence-electron chi connectivity index (χ3n) is 2.04. The topological polar surface area (TPSA) is 20.2 Å². The molecule has 0 saturated heterocycles. The first kappa shape index (κ1) is 13.5. The Labute approximate surface area is 107 Å². The van der Waals surface area contributed by atoms with Gasteiger partial charge in [0.05, 0.1) is 8.07 Å². The van der Waals surface area contributed by atoms with Gasteiger partial charge >= 0.3 is 0 Å². The molecule has 0 amide bonds. The predicted molar refractivity (Wildman–Crippen MR) is 75.0 cm³/mol. The van der Waals surface area contributed by atoms with Gasteiger partial charge in [-0.05, 0) is 17.7 Å². The molecule has 0 spiro atoms. The van der Waals surface area contributed by atoms with Gasteiger partial charge in [-0.3, -0.25) is 0 Å². The lowest BCUT2D eigenvalue weighted by Crippen LogP contribution is -2.17. The minimum absolute atomic E-state index is 0.663. The lowest BCUT2D eigenvalue weighted by Gasteiger charge is -2.10. The summed E-state index contributed by atoms with van der Waals surface area (Å²) in [5, 5.41) is 9.83. The Morgan fingerprint density at radius 1 is 1.25 bits per heavy atom. The summed E-state index contributed by atoms with van der Waals surface area (Å²) < 4.78 is 1.01. The fourth-order valence-electron chi connectivity index (χ4n) is 1.14. The van der Waals surface area contributed by atoms with E-state index in [0.717, 1.165) is 16.1 Å². The molecule has 0 aliphatic heterocycles. The molecule has 0 bridgehead atoms. The predicted octanol–water partition coefficient (Wildman–Crippen LogP) is 3.82. The lowest BCUT2D eigenvalue weighted by atomic mass is 10.1. The number of hydrogen-bond donors (Lipinski definition) is 1. The average molecular weight is 297 g/mol. The summed E-state index contributed by atoms with van der Waals surface area (Å²) in [7, 11) is -1.13. The van der Waals surface area contributed by atoms with E-state index in [1.807, 2.05) is 24.3 Å². The second kappa shape index (κ2) is 5.67. The zero-order chi connectivity index (χ0) is 12.2. The molecule has 1 atom stereocenters. The highest BCUT2D eigenvalue weighted by Gasteiger charge is 2.10. The van der Waals surface area contributed by atoms with Crippen molar-refractivity contribution < 1.29 is 5.11 Å². The Hall–Kier alpha value is -0.563. The van der Waals surface area contributed by atoms with E-state index in [0.29, 0.717) is 0 Å². The fourth-order valence-corrected chi connectivity index (χ4v) is 2.04. The van der Waals surface area contributed by atoms with Gasteiger partial charge in [0.2, 0.25) is 0 Å². The molecule has 1 aromatic carbocycles. The SMILES string of the molecule is C[Si](C)(C)CC#CC(O)c1ccc(Br)cc1. The minimum atomic E-state index is -1.13. The largest absolute Gasteiger partial charge is 0.376 e. The molecule has 0 radical (unpaired) electrons. The van der Waals surface area contributed by atoms with E-state index >= 15 is 0 Å². The molecule has 1 rings (SSSR count). The Morgan fingerprint density at radius 2 is 1.81 bits per heavy atom. The Balaban J connectivity index is 2.65. The highest BCUT2D eigenvalue weighted by Crippen LogP contribution is 2.16. The average Bonchev–Trinajstić information content (AvgIpc) is 2.16. The van der Waals surface area contributed by atoms with Crippen molar-refractivity contribution >= 4 is 24.0 Å². The number of aliphatic hydroxyl groups is 1. The van der Waals surface area contributed by atoms with E-state index in [-0.39, 0.29) is 0 Å². The van der Waals surface area contributed by atoms with Crippen molar-refractivity contribution in [1.82, 2.24) is 0 Å². The summed E-state index contributed by atoms with van der Waals surface area (Å²) >= 11 is 3.36. The molecule has 0 aromatic heterocycles.